The first-order valence-electron chi connectivity index (χ1n) is 7.72. The molecule has 25 heavy (non-hydrogen) atoms. The Balaban J connectivity index is 1.55. The lowest BCUT2D eigenvalue weighted by molar-refractivity contribution is 0.495. The molecule has 0 amide bonds. The van der Waals surface area contributed by atoms with Gasteiger partial charge >= 0.3 is 0 Å². The summed E-state index contributed by atoms with van der Waals surface area (Å²) in [5.74, 6) is 1.64. The fraction of sp³-hybridized carbons (Fsp3) is 0.158. The highest BCUT2D eigenvalue weighted by atomic mass is 127. The van der Waals surface area contributed by atoms with Crippen molar-refractivity contribution in [1.82, 2.24) is 5.32 Å². The third-order valence-corrected chi connectivity index (χ3v) is 5.31. The van der Waals surface area contributed by atoms with Crippen LogP contribution in [0.2, 0.25) is 15.1 Å². The fourth-order valence-corrected chi connectivity index (χ4v) is 3.92. The Hall–Kier alpha value is -0.720. The van der Waals surface area contributed by atoms with Gasteiger partial charge in [0.05, 0.1) is 11.6 Å². The van der Waals surface area contributed by atoms with Gasteiger partial charge in [0.15, 0.2) is 0 Å². The predicted molar refractivity (Wildman–Crippen MR) is 114 cm³/mol. The lowest BCUT2D eigenvalue weighted by Gasteiger charge is -2.06. The highest BCUT2D eigenvalue weighted by molar-refractivity contribution is 14.1. The molecule has 1 aromatic heterocycles. The first kappa shape index (κ1) is 19.1. The average molecular weight is 507 g/mol. The Bertz CT molecular complexity index is 879. The van der Waals surface area contributed by atoms with Crippen molar-refractivity contribution in [3.63, 3.8) is 0 Å². The van der Waals surface area contributed by atoms with E-state index in [4.69, 9.17) is 39.2 Å². The van der Waals surface area contributed by atoms with E-state index in [-0.39, 0.29) is 0 Å². The molecule has 0 fully saturated rings. The molecule has 3 rings (SSSR count). The zero-order chi connectivity index (χ0) is 17.8. The maximum atomic E-state index is 6.29. The van der Waals surface area contributed by atoms with Crippen molar-refractivity contribution in [2.75, 3.05) is 6.54 Å². The summed E-state index contributed by atoms with van der Waals surface area (Å²) in [5.41, 5.74) is 1.98. The summed E-state index contributed by atoms with van der Waals surface area (Å²) in [6.07, 6.45) is 0.826. The summed E-state index contributed by atoms with van der Waals surface area (Å²) in [6.45, 7) is 1.44. The number of nitrogens with one attached hydrogen (secondary N) is 1. The Labute approximate surface area is 175 Å². The number of rotatable bonds is 6. The van der Waals surface area contributed by atoms with Gasteiger partial charge in [0.2, 0.25) is 0 Å². The third kappa shape index (κ3) is 5.14. The quantitative estimate of drug-likeness (QED) is 0.292. The van der Waals surface area contributed by atoms with Crippen LogP contribution >= 0.6 is 57.4 Å². The topological polar surface area (TPSA) is 25.2 Å². The first-order valence-corrected chi connectivity index (χ1v) is 9.93. The van der Waals surface area contributed by atoms with Crippen LogP contribution in [0.25, 0.3) is 11.3 Å². The molecule has 0 unspecified atom stereocenters. The molecule has 1 N–H and O–H groups in total. The zero-order valence-electron chi connectivity index (χ0n) is 13.2. The maximum Gasteiger partial charge on any atom is 0.135 e. The zero-order valence-corrected chi connectivity index (χ0v) is 17.6. The summed E-state index contributed by atoms with van der Waals surface area (Å²) in [6, 6.07) is 15.4. The van der Waals surface area contributed by atoms with Gasteiger partial charge in [-0.15, -0.1) is 0 Å². The molecule has 0 saturated carbocycles. The highest BCUT2D eigenvalue weighted by Crippen LogP contribution is 2.30. The molecule has 0 bridgehead atoms. The van der Waals surface area contributed by atoms with Crippen molar-refractivity contribution in [3.05, 3.63) is 78.5 Å². The van der Waals surface area contributed by atoms with Crippen molar-refractivity contribution in [2.24, 2.45) is 0 Å². The monoisotopic (exact) mass is 505 g/mol. The highest BCUT2D eigenvalue weighted by Gasteiger charge is 2.09. The van der Waals surface area contributed by atoms with Crippen molar-refractivity contribution in [3.8, 4) is 11.3 Å². The van der Waals surface area contributed by atoms with Crippen LogP contribution in [0.15, 0.2) is 52.9 Å². The molecule has 0 aliphatic rings. The van der Waals surface area contributed by atoms with E-state index in [1.165, 1.54) is 0 Å². The second kappa shape index (κ2) is 8.78. The predicted octanol–water partition coefficient (Wildman–Crippen LogP) is 6.84. The van der Waals surface area contributed by atoms with Crippen molar-refractivity contribution >= 4 is 57.4 Å². The third-order valence-electron chi connectivity index (χ3n) is 3.74. The van der Waals surface area contributed by atoms with E-state index in [1.54, 1.807) is 6.07 Å². The molecule has 6 heteroatoms. The first-order chi connectivity index (χ1) is 12.0. The number of furan rings is 1. The van der Waals surface area contributed by atoms with Gasteiger partial charge in [0.1, 0.15) is 11.5 Å². The minimum Gasteiger partial charge on any atom is -0.460 e. The summed E-state index contributed by atoms with van der Waals surface area (Å²) in [4.78, 5) is 0. The molecule has 0 saturated heterocycles. The van der Waals surface area contributed by atoms with E-state index in [0.29, 0.717) is 21.6 Å². The van der Waals surface area contributed by atoms with Crippen LogP contribution in [0.3, 0.4) is 0 Å². The molecule has 130 valence electrons. The van der Waals surface area contributed by atoms with Crippen LogP contribution in [0.1, 0.15) is 11.3 Å². The Morgan fingerprint density at radius 1 is 0.920 bits per heavy atom. The molecular weight excluding hydrogens is 491 g/mol. The van der Waals surface area contributed by atoms with E-state index in [2.05, 4.69) is 27.9 Å². The van der Waals surface area contributed by atoms with E-state index >= 15 is 0 Å². The van der Waals surface area contributed by atoms with Crippen LogP contribution in [0, 0.1) is 3.57 Å². The van der Waals surface area contributed by atoms with Crippen LogP contribution in [0.5, 0.6) is 0 Å². The minimum absolute atomic E-state index is 0.646. The van der Waals surface area contributed by atoms with Crippen LogP contribution in [0.4, 0.5) is 0 Å². The lowest BCUT2D eigenvalue weighted by Crippen LogP contribution is -2.16. The van der Waals surface area contributed by atoms with E-state index in [1.807, 2.05) is 42.5 Å². The lowest BCUT2D eigenvalue weighted by atomic mass is 10.1. The summed E-state index contributed by atoms with van der Waals surface area (Å²) in [7, 11) is 0. The minimum atomic E-state index is 0.646. The second-order valence-corrected chi connectivity index (χ2v) is 8.05. The van der Waals surface area contributed by atoms with Gasteiger partial charge in [0, 0.05) is 19.2 Å². The summed E-state index contributed by atoms with van der Waals surface area (Å²) >= 11 is 20.6. The molecule has 0 radical (unpaired) electrons. The SMILES string of the molecule is Clc1ccc(CCNCc2ccc(-c3ccc(I)cc3Cl)o2)c(Cl)c1. The Morgan fingerprint density at radius 3 is 2.52 bits per heavy atom. The summed E-state index contributed by atoms with van der Waals surface area (Å²) < 4.78 is 6.99. The smallest absolute Gasteiger partial charge is 0.135 e. The van der Waals surface area contributed by atoms with Gasteiger partial charge in [-0.05, 0) is 83.6 Å². The standard InChI is InChI=1S/C19H15Cl3INO/c20-13-2-1-12(17(21)9-13)7-8-24-11-15-4-6-19(25-15)16-5-3-14(23)10-18(16)22/h1-6,9-10,24H,7-8,11H2. The van der Waals surface area contributed by atoms with Crippen LogP contribution in [-0.2, 0) is 13.0 Å². The maximum absolute atomic E-state index is 6.29. The van der Waals surface area contributed by atoms with Crippen molar-refractivity contribution in [1.29, 1.82) is 0 Å². The molecule has 2 nitrogen and oxygen atoms in total. The Kier molecular flexibility index (Phi) is 6.69. The molecule has 1 heterocycles. The normalized spacial score (nSPS) is 11.0. The molecule has 0 aliphatic carbocycles. The number of hydrogen-bond donors (Lipinski definition) is 1. The number of hydrogen-bond acceptors (Lipinski definition) is 2. The average Bonchev–Trinajstić information content (AvgIpc) is 3.02. The van der Waals surface area contributed by atoms with Gasteiger partial charge in [-0.3, -0.25) is 0 Å². The Morgan fingerprint density at radius 2 is 1.76 bits per heavy atom. The molecule has 0 atom stereocenters. The van der Waals surface area contributed by atoms with Gasteiger partial charge in [-0.1, -0.05) is 40.9 Å². The van der Waals surface area contributed by atoms with Gasteiger partial charge in [-0.25, -0.2) is 0 Å². The molecule has 0 spiro atoms. The molecule has 0 aliphatic heterocycles. The molecular formula is C19H15Cl3INO. The fourth-order valence-electron chi connectivity index (χ4n) is 2.47. The summed E-state index contributed by atoms with van der Waals surface area (Å²) in [5, 5.41) is 5.40. The van der Waals surface area contributed by atoms with Crippen molar-refractivity contribution < 1.29 is 4.42 Å². The van der Waals surface area contributed by atoms with E-state index in [0.717, 1.165) is 39.2 Å². The number of benzene rings is 2. The molecule has 3 aromatic rings. The van der Waals surface area contributed by atoms with E-state index < -0.39 is 0 Å². The van der Waals surface area contributed by atoms with Crippen LogP contribution in [-0.4, -0.2) is 6.54 Å². The molecule has 2 aromatic carbocycles. The van der Waals surface area contributed by atoms with Crippen LogP contribution < -0.4 is 5.32 Å². The van der Waals surface area contributed by atoms with E-state index in [9.17, 15) is 0 Å². The number of halogens is 4. The van der Waals surface area contributed by atoms with Gasteiger partial charge in [-0.2, -0.15) is 0 Å². The van der Waals surface area contributed by atoms with Gasteiger partial charge < -0.3 is 9.73 Å². The van der Waals surface area contributed by atoms with Crippen molar-refractivity contribution in [2.45, 2.75) is 13.0 Å². The largest absolute Gasteiger partial charge is 0.460 e. The van der Waals surface area contributed by atoms with Gasteiger partial charge in [0.25, 0.3) is 0 Å². The second-order valence-electron chi connectivity index (χ2n) is 5.55.